The van der Waals surface area contributed by atoms with Crippen molar-refractivity contribution in [3.05, 3.63) is 359 Å². The smallest absolute Gasteiger partial charge is 0.310 e. The van der Waals surface area contributed by atoms with Gasteiger partial charge in [-0.3, -0.25) is 0 Å². The van der Waals surface area contributed by atoms with Gasteiger partial charge in [0.2, 0.25) is 5.41 Å². The van der Waals surface area contributed by atoms with Crippen LogP contribution < -0.4 is 14.7 Å². The van der Waals surface area contributed by atoms with E-state index in [0.29, 0.717) is 22.7 Å². The van der Waals surface area contributed by atoms with Gasteiger partial charge in [0.05, 0.1) is 11.4 Å². The van der Waals surface area contributed by atoms with Crippen LogP contribution in [-0.4, -0.2) is 12.4 Å². The summed E-state index contributed by atoms with van der Waals surface area (Å²) in [6.07, 6.45) is 3.59. The molecule has 0 fully saturated rings. The number of benzene rings is 13. The molecule has 568 valence electrons. The Kier molecular flexibility index (Phi) is 25.1. The second-order valence-corrected chi connectivity index (χ2v) is 30.4. The monoisotopic (exact) mass is 1480 g/mol. The first kappa shape index (κ1) is 79.6. The maximum atomic E-state index is 16.0. The third kappa shape index (κ3) is 17.2. The Balaban J connectivity index is 0.000000177. The van der Waals surface area contributed by atoms with E-state index in [1.54, 1.807) is 57.3 Å². The third-order valence-corrected chi connectivity index (χ3v) is 22.5. The Morgan fingerprint density at radius 3 is 1.04 bits per heavy atom. The van der Waals surface area contributed by atoms with Crippen molar-refractivity contribution in [1.29, 1.82) is 0 Å². The van der Waals surface area contributed by atoms with Crippen LogP contribution in [0.4, 0.5) is 77.5 Å². The SMILES string of the molecule is C=Cc1cccc(N(c2ccc(C)cc2)c2ccc(C)cc2)c1.CCCCC(CC)CC1(CC(CC)CCCC)c2cc(C)ccc2-c2ccc(C)cc21.Cc1ccc(N(c2cccc(C(c3cccc(N(c4ccc(C)cc4)c4cccc5ccccc45)c3)(C(F)(F)F)C(F)(F)F)c2)c2cccc3ccccc23)cc1. The van der Waals surface area contributed by atoms with Crippen LogP contribution in [0.2, 0.25) is 0 Å². The average Bonchev–Trinajstić information content (AvgIpc) is 0.812. The lowest BCUT2D eigenvalue weighted by atomic mass is 9.65. The average molecular weight is 1480 g/mol. The van der Waals surface area contributed by atoms with Gasteiger partial charge in [0.15, 0.2) is 0 Å². The first-order chi connectivity index (χ1) is 53.5. The molecule has 111 heavy (non-hydrogen) atoms. The first-order valence-corrected chi connectivity index (χ1v) is 39.4. The topological polar surface area (TPSA) is 9.72 Å². The van der Waals surface area contributed by atoms with Crippen LogP contribution in [0.5, 0.6) is 0 Å². The van der Waals surface area contributed by atoms with Crippen LogP contribution in [0.3, 0.4) is 0 Å². The van der Waals surface area contributed by atoms with E-state index in [2.05, 4.69) is 176 Å². The Bertz CT molecular complexity index is 4970. The van der Waals surface area contributed by atoms with Crippen molar-refractivity contribution in [3.63, 3.8) is 0 Å². The summed E-state index contributed by atoms with van der Waals surface area (Å²) in [5.74, 6) is 1.62. The van der Waals surface area contributed by atoms with Crippen molar-refractivity contribution < 1.29 is 26.3 Å². The molecule has 0 saturated carbocycles. The van der Waals surface area contributed by atoms with Crippen LogP contribution in [0.1, 0.15) is 153 Å². The molecule has 0 aromatic heterocycles. The molecule has 1 aliphatic carbocycles. The van der Waals surface area contributed by atoms with Gasteiger partial charge < -0.3 is 14.7 Å². The van der Waals surface area contributed by atoms with E-state index in [1.807, 2.05) is 129 Å². The molecule has 13 aromatic rings. The van der Waals surface area contributed by atoms with Gasteiger partial charge in [0.25, 0.3) is 0 Å². The van der Waals surface area contributed by atoms with E-state index in [1.165, 1.54) is 110 Å². The molecule has 0 saturated heterocycles. The predicted molar refractivity (Wildman–Crippen MR) is 458 cm³/mol. The molecule has 9 heteroatoms. The van der Waals surface area contributed by atoms with Gasteiger partial charge in [-0.25, -0.2) is 0 Å². The van der Waals surface area contributed by atoms with Gasteiger partial charge in [0, 0.05) is 56.0 Å². The lowest BCUT2D eigenvalue weighted by Gasteiger charge is -2.39. The van der Waals surface area contributed by atoms with Crippen LogP contribution in [0.15, 0.2) is 298 Å². The zero-order chi connectivity index (χ0) is 78.6. The predicted octanol–water partition coefficient (Wildman–Crippen LogP) is 31.2. The number of halogens is 6. The maximum absolute atomic E-state index is 16.0. The van der Waals surface area contributed by atoms with Crippen LogP contribution >= 0.6 is 0 Å². The molecule has 0 N–H and O–H groups in total. The maximum Gasteiger partial charge on any atom is 0.411 e. The van der Waals surface area contributed by atoms with E-state index in [4.69, 9.17) is 0 Å². The lowest BCUT2D eigenvalue weighted by Crippen LogP contribution is -2.54. The fraction of sp³-hybridized carbons (Fsp3) is 0.255. The van der Waals surface area contributed by atoms with Crippen molar-refractivity contribution in [2.75, 3.05) is 14.7 Å². The summed E-state index contributed by atoms with van der Waals surface area (Å²) >= 11 is 0. The van der Waals surface area contributed by atoms with Crippen LogP contribution in [-0.2, 0) is 10.8 Å². The molecule has 2 atom stereocenters. The van der Waals surface area contributed by atoms with Crippen molar-refractivity contribution in [1.82, 2.24) is 0 Å². The van der Waals surface area contributed by atoms with E-state index in [-0.39, 0.29) is 16.8 Å². The molecule has 0 heterocycles. The molecule has 0 aliphatic heterocycles. The number of aryl methyl sites for hydroxylation is 6. The molecular formula is C102H103F6N3. The molecular weight excluding hydrogens is 1380 g/mol. The number of alkyl halides is 6. The highest BCUT2D eigenvalue weighted by Crippen LogP contribution is 2.60. The van der Waals surface area contributed by atoms with E-state index in [9.17, 15) is 0 Å². The molecule has 0 amide bonds. The number of hydrogen-bond acceptors (Lipinski definition) is 3. The normalized spacial score (nSPS) is 12.9. The molecule has 0 bridgehead atoms. The minimum absolute atomic E-state index is 0.138. The van der Waals surface area contributed by atoms with Gasteiger partial charge in [-0.05, 0) is 213 Å². The fourth-order valence-corrected chi connectivity index (χ4v) is 16.5. The summed E-state index contributed by atoms with van der Waals surface area (Å²) in [6, 6.07) is 90.5. The van der Waals surface area contributed by atoms with Crippen molar-refractivity contribution in [2.24, 2.45) is 11.8 Å². The lowest BCUT2D eigenvalue weighted by molar-refractivity contribution is -0.288. The molecule has 1 aliphatic rings. The van der Waals surface area contributed by atoms with Crippen LogP contribution in [0, 0.1) is 53.4 Å². The molecule has 14 rings (SSSR count). The van der Waals surface area contributed by atoms with Gasteiger partial charge in [-0.2, -0.15) is 26.3 Å². The zero-order valence-corrected chi connectivity index (χ0v) is 65.8. The highest BCUT2D eigenvalue weighted by molar-refractivity contribution is 6.00. The number of unbranched alkanes of at least 4 members (excludes halogenated alkanes) is 2. The van der Waals surface area contributed by atoms with Crippen molar-refractivity contribution in [2.45, 2.75) is 157 Å². The van der Waals surface area contributed by atoms with E-state index >= 15 is 26.3 Å². The van der Waals surface area contributed by atoms with Gasteiger partial charge in [-0.1, -0.05) is 319 Å². The minimum Gasteiger partial charge on any atom is -0.310 e. The Hall–Kier alpha value is -10.9. The number of anilines is 9. The third-order valence-electron chi connectivity index (χ3n) is 22.5. The summed E-state index contributed by atoms with van der Waals surface area (Å²) in [5.41, 5.74) is 14.6. The molecule has 0 radical (unpaired) electrons. The van der Waals surface area contributed by atoms with Crippen LogP contribution in [0.25, 0.3) is 38.7 Å². The van der Waals surface area contributed by atoms with E-state index < -0.39 is 28.9 Å². The van der Waals surface area contributed by atoms with Crippen molar-refractivity contribution in [3.8, 4) is 11.1 Å². The fourth-order valence-electron chi connectivity index (χ4n) is 16.5. The molecule has 3 nitrogen and oxygen atoms in total. The number of hydrogen-bond donors (Lipinski definition) is 0. The number of nitrogens with zero attached hydrogens (tertiary/aromatic N) is 3. The zero-order valence-electron chi connectivity index (χ0n) is 65.8. The van der Waals surface area contributed by atoms with Gasteiger partial charge in [0.1, 0.15) is 0 Å². The van der Waals surface area contributed by atoms with Gasteiger partial charge >= 0.3 is 12.4 Å². The highest BCUT2D eigenvalue weighted by Gasteiger charge is 2.72. The summed E-state index contributed by atoms with van der Waals surface area (Å²) < 4.78 is 95.7. The first-order valence-electron chi connectivity index (χ1n) is 39.4. The van der Waals surface area contributed by atoms with E-state index in [0.717, 1.165) is 91.4 Å². The second-order valence-electron chi connectivity index (χ2n) is 30.4. The number of rotatable bonds is 24. The Morgan fingerprint density at radius 1 is 0.342 bits per heavy atom. The summed E-state index contributed by atoms with van der Waals surface area (Å²) in [6.45, 7) is 26.0. The molecule has 2 unspecified atom stereocenters. The summed E-state index contributed by atoms with van der Waals surface area (Å²) in [7, 11) is 0. The Labute approximate surface area is 654 Å². The quantitative estimate of drug-likeness (QED) is 0.0558. The number of fused-ring (bicyclic) bond motifs is 5. The van der Waals surface area contributed by atoms with Crippen molar-refractivity contribution >= 4 is 78.8 Å². The second kappa shape index (κ2) is 35.0. The van der Waals surface area contributed by atoms with Gasteiger partial charge in [-0.15, -0.1) is 0 Å². The minimum atomic E-state index is -5.81. The highest BCUT2D eigenvalue weighted by atomic mass is 19.4. The molecule has 13 aromatic carbocycles. The summed E-state index contributed by atoms with van der Waals surface area (Å²) in [4.78, 5) is 5.68. The molecule has 0 spiro atoms. The largest absolute Gasteiger partial charge is 0.411 e. The Morgan fingerprint density at radius 2 is 0.676 bits per heavy atom. The summed E-state index contributed by atoms with van der Waals surface area (Å²) in [5, 5.41) is 3.29. The standard InChI is InChI=1S/C49H36F6N2.C31H46.C22H21N/c1-33-23-27-39(28-24-33)56(45-21-7-13-35-11-3-5-19-43(35)45)41-17-9-15-37(31-41)47(48(50,51)52,49(53,54)55)38-16-10-18-42(32-38)57(40-29-25-34(2)26-30-40)46-22-8-14-36-12-4-6-20-44(36)46;1-7-11-13-25(9-3)21-31(22-26(10-4)14-12-8-2)29-19-23(5)15-17-27(29)28-18-16-24(6)20-30(28)31;1-4-19-6-5-7-22(16-19)23(20-12-8-17(2)9-13-20)21-14-10-18(3)11-15-21/h3-32H,1-2H3;15-20,25-26H,7-14,21-22H2,1-6H3;4-16H,1H2,2-3H3.